The molecule has 0 spiro atoms. The summed E-state index contributed by atoms with van der Waals surface area (Å²) in [5.74, 6) is 0.865. The molecule has 1 aromatic heterocycles. The number of para-hydroxylation sites is 1. The minimum atomic E-state index is 0. The van der Waals surface area contributed by atoms with Crippen molar-refractivity contribution in [2.45, 2.75) is 25.4 Å². The van der Waals surface area contributed by atoms with Crippen molar-refractivity contribution in [1.82, 2.24) is 15.5 Å². The van der Waals surface area contributed by atoms with Crippen LogP contribution in [0.25, 0.3) is 0 Å². The van der Waals surface area contributed by atoms with Gasteiger partial charge >= 0.3 is 0 Å². The molecule has 2 aromatic rings. The van der Waals surface area contributed by atoms with E-state index in [0.29, 0.717) is 12.1 Å². The predicted molar refractivity (Wildman–Crippen MR) is 141 cm³/mol. The van der Waals surface area contributed by atoms with Crippen molar-refractivity contribution >= 4 is 47.0 Å². The van der Waals surface area contributed by atoms with E-state index in [1.54, 1.807) is 0 Å². The predicted octanol–water partition coefficient (Wildman–Crippen LogP) is 3.36. The third-order valence-electron chi connectivity index (χ3n) is 6.06. The van der Waals surface area contributed by atoms with Gasteiger partial charge in [0.25, 0.3) is 0 Å². The average Bonchev–Trinajstić information content (AvgIpc) is 3.47. The van der Waals surface area contributed by atoms with Crippen molar-refractivity contribution in [3.63, 3.8) is 0 Å². The second-order valence-electron chi connectivity index (χ2n) is 7.93. The molecule has 31 heavy (non-hydrogen) atoms. The number of halogens is 1. The first-order valence-corrected chi connectivity index (χ1v) is 11.8. The van der Waals surface area contributed by atoms with Crippen LogP contribution in [0.15, 0.2) is 46.8 Å². The summed E-state index contributed by atoms with van der Waals surface area (Å²) in [6, 6.07) is 13.9. The molecule has 1 saturated heterocycles. The first kappa shape index (κ1) is 24.3. The molecular weight excluding hydrogens is 521 g/mol. The Labute approximate surface area is 207 Å². The third kappa shape index (κ3) is 6.12. The van der Waals surface area contributed by atoms with E-state index >= 15 is 0 Å². The highest BCUT2D eigenvalue weighted by molar-refractivity contribution is 14.0. The van der Waals surface area contributed by atoms with Gasteiger partial charge in [0.05, 0.1) is 19.3 Å². The molecule has 2 aliphatic heterocycles. The number of morpholine rings is 1. The standard InChI is InChI=1S/C23H33N5OS.HI/c1-18(28-10-9-19-6-3-4-7-20(19)28)16-25-23(24-2)26-17-21(22-8-5-15-30-22)27-11-13-29-14-12-27;/h3-8,15,18,21H,9-14,16-17H2,1-2H3,(H2,24,25,26);1H. The largest absolute Gasteiger partial charge is 0.379 e. The molecule has 1 aromatic carbocycles. The van der Waals surface area contributed by atoms with E-state index in [2.05, 4.69) is 74.1 Å². The van der Waals surface area contributed by atoms with Crippen LogP contribution >= 0.6 is 35.3 Å². The molecule has 0 bridgehead atoms. The lowest BCUT2D eigenvalue weighted by molar-refractivity contribution is 0.0177. The molecule has 0 saturated carbocycles. The summed E-state index contributed by atoms with van der Waals surface area (Å²) < 4.78 is 5.55. The SMILES string of the molecule is CN=C(NCC(c1cccs1)N1CCOCC1)NCC(C)N1CCc2ccccc21.I. The van der Waals surface area contributed by atoms with E-state index in [4.69, 9.17) is 4.74 Å². The van der Waals surface area contributed by atoms with Crippen LogP contribution in [-0.4, -0.2) is 69.9 Å². The van der Waals surface area contributed by atoms with Crippen LogP contribution in [0.4, 0.5) is 5.69 Å². The van der Waals surface area contributed by atoms with Crippen molar-refractivity contribution in [3.05, 3.63) is 52.2 Å². The Morgan fingerprint density at radius 1 is 1.10 bits per heavy atom. The quantitative estimate of drug-likeness (QED) is 0.312. The molecule has 170 valence electrons. The summed E-state index contributed by atoms with van der Waals surface area (Å²) >= 11 is 1.82. The van der Waals surface area contributed by atoms with E-state index < -0.39 is 0 Å². The van der Waals surface area contributed by atoms with Crippen LogP contribution in [0.1, 0.15) is 23.4 Å². The molecule has 2 aliphatic rings. The number of hydrogen-bond acceptors (Lipinski definition) is 5. The number of rotatable bonds is 7. The Balaban J connectivity index is 0.00000272. The van der Waals surface area contributed by atoms with Crippen molar-refractivity contribution in [2.75, 3.05) is 57.9 Å². The Bertz CT molecular complexity index is 825. The van der Waals surface area contributed by atoms with Crippen molar-refractivity contribution in [2.24, 2.45) is 4.99 Å². The molecule has 8 heteroatoms. The molecule has 6 nitrogen and oxygen atoms in total. The molecule has 0 aliphatic carbocycles. The van der Waals surface area contributed by atoms with Crippen LogP contribution in [0.5, 0.6) is 0 Å². The normalized spacial score (nSPS) is 18.8. The maximum atomic E-state index is 5.55. The number of guanidine groups is 1. The maximum absolute atomic E-state index is 5.55. The van der Waals surface area contributed by atoms with Gasteiger partial charge in [0.1, 0.15) is 0 Å². The highest BCUT2D eigenvalue weighted by Gasteiger charge is 2.25. The van der Waals surface area contributed by atoms with E-state index in [1.165, 1.54) is 16.1 Å². The Morgan fingerprint density at radius 3 is 2.61 bits per heavy atom. The number of aliphatic imine (C=N–C) groups is 1. The fourth-order valence-electron chi connectivity index (χ4n) is 4.37. The molecular formula is C23H34IN5OS. The molecule has 2 unspecified atom stereocenters. The van der Waals surface area contributed by atoms with Crippen LogP contribution < -0.4 is 15.5 Å². The number of hydrogen-bond donors (Lipinski definition) is 2. The zero-order chi connectivity index (χ0) is 20.8. The first-order valence-electron chi connectivity index (χ1n) is 10.9. The van der Waals surface area contributed by atoms with Gasteiger partial charge in [-0.2, -0.15) is 0 Å². The van der Waals surface area contributed by atoms with Gasteiger partial charge in [-0.15, -0.1) is 35.3 Å². The second-order valence-corrected chi connectivity index (χ2v) is 8.91. The zero-order valence-corrected chi connectivity index (χ0v) is 21.6. The van der Waals surface area contributed by atoms with Crippen molar-refractivity contribution < 1.29 is 4.74 Å². The van der Waals surface area contributed by atoms with E-state index in [9.17, 15) is 0 Å². The minimum Gasteiger partial charge on any atom is -0.379 e. The van der Waals surface area contributed by atoms with Crippen LogP contribution in [-0.2, 0) is 11.2 Å². The van der Waals surface area contributed by atoms with Crippen LogP contribution in [0, 0.1) is 0 Å². The lowest BCUT2D eigenvalue weighted by Gasteiger charge is -2.34. The van der Waals surface area contributed by atoms with E-state index in [1.807, 2.05) is 18.4 Å². The molecule has 2 atom stereocenters. The monoisotopic (exact) mass is 555 g/mol. The van der Waals surface area contributed by atoms with Crippen molar-refractivity contribution in [1.29, 1.82) is 0 Å². The summed E-state index contributed by atoms with van der Waals surface area (Å²) in [6.07, 6.45) is 1.13. The Kier molecular flexibility index (Phi) is 9.43. The summed E-state index contributed by atoms with van der Waals surface area (Å²) in [5, 5.41) is 9.26. The number of nitrogens with zero attached hydrogens (tertiary/aromatic N) is 3. The number of ether oxygens (including phenoxy) is 1. The number of thiophene rings is 1. The Morgan fingerprint density at radius 2 is 1.87 bits per heavy atom. The van der Waals surface area contributed by atoms with E-state index in [0.717, 1.165) is 58.3 Å². The number of nitrogens with one attached hydrogen (secondary N) is 2. The fourth-order valence-corrected chi connectivity index (χ4v) is 5.23. The molecule has 2 N–H and O–H groups in total. The lowest BCUT2D eigenvalue weighted by atomic mass is 10.2. The molecule has 3 heterocycles. The smallest absolute Gasteiger partial charge is 0.191 e. The third-order valence-corrected chi connectivity index (χ3v) is 7.04. The van der Waals surface area contributed by atoms with Gasteiger partial charge in [0, 0.05) is 56.4 Å². The molecule has 4 rings (SSSR count). The number of benzene rings is 1. The number of anilines is 1. The fraction of sp³-hybridized carbons (Fsp3) is 0.522. The maximum Gasteiger partial charge on any atom is 0.191 e. The first-order chi connectivity index (χ1) is 14.8. The van der Waals surface area contributed by atoms with Crippen LogP contribution in [0.3, 0.4) is 0 Å². The van der Waals surface area contributed by atoms with Gasteiger partial charge in [-0.1, -0.05) is 24.3 Å². The van der Waals surface area contributed by atoms with Gasteiger partial charge in [-0.3, -0.25) is 9.89 Å². The van der Waals surface area contributed by atoms with Gasteiger partial charge in [0.15, 0.2) is 5.96 Å². The van der Waals surface area contributed by atoms with Gasteiger partial charge in [-0.25, -0.2) is 0 Å². The van der Waals surface area contributed by atoms with Crippen molar-refractivity contribution in [3.8, 4) is 0 Å². The summed E-state index contributed by atoms with van der Waals surface area (Å²) in [4.78, 5) is 10.9. The lowest BCUT2D eigenvalue weighted by Crippen LogP contribution is -2.48. The highest BCUT2D eigenvalue weighted by atomic mass is 127. The highest BCUT2D eigenvalue weighted by Crippen LogP contribution is 2.29. The summed E-state index contributed by atoms with van der Waals surface area (Å²) in [6.45, 7) is 8.63. The molecule has 1 fully saturated rings. The Hall–Kier alpha value is -1.36. The molecule has 0 amide bonds. The van der Waals surface area contributed by atoms with Gasteiger partial charge in [-0.05, 0) is 36.4 Å². The average molecular weight is 556 g/mol. The summed E-state index contributed by atoms with van der Waals surface area (Å²) in [5.41, 5.74) is 2.83. The van der Waals surface area contributed by atoms with Gasteiger partial charge in [0.2, 0.25) is 0 Å². The van der Waals surface area contributed by atoms with E-state index in [-0.39, 0.29) is 24.0 Å². The molecule has 0 radical (unpaired) electrons. The van der Waals surface area contributed by atoms with Gasteiger partial charge < -0.3 is 20.3 Å². The zero-order valence-electron chi connectivity index (χ0n) is 18.4. The minimum absolute atomic E-state index is 0. The summed E-state index contributed by atoms with van der Waals surface area (Å²) in [7, 11) is 1.85. The topological polar surface area (TPSA) is 52.1 Å². The number of fused-ring (bicyclic) bond motifs is 1. The second kappa shape index (κ2) is 12.0. The van der Waals surface area contributed by atoms with Crippen LogP contribution in [0.2, 0.25) is 0 Å².